The highest BCUT2D eigenvalue weighted by Gasteiger charge is 1.94. The highest BCUT2D eigenvalue weighted by molar-refractivity contribution is 5.74. The quantitative estimate of drug-likeness (QED) is 0.619. The zero-order chi connectivity index (χ0) is 11.8. The van der Waals surface area contributed by atoms with Gasteiger partial charge in [-0.15, -0.1) is 0 Å². The van der Waals surface area contributed by atoms with Crippen LogP contribution in [0.5, 0.6) is 0 Å². The van der Waals surface area contributed by atoms with E-state index in [4.69, 9.17) is 10.8 Å². The number of aliphatic hydroxyl groups is 1. The Morgan fingerprint density at radius 2 is 2.31 bits per heavy atom. The third kappa shape index (κ3) is 4.14. The van der Waals surface area contributed by atoms with Gasteiger partial charge in [0, 0.05) is 37.0 Å². The number of hydrogen-bond acceptors (Lipinski definition) is 4. The van der Waals surface area contributed by atoms with Gasteiger partial charge in [-0.3, -0.25) is 4.79 Å². The summed E-state index contributed by atoms with van der Waals surface area (Å²) in [5.74, 6) is 0. The summed E-state index contributed by atoms with van der Waals surface area (Å²) in [7, 11) is 0. The van der Waals surface area contributed by atoms with Crippen LogP contribution in [0.15, 0.2) is 36.2 Å². The first kappa shape index (κ1) is 12.3. The van der Waals surface area contributed by atoms with Gasteiger partial charge in [-0.25, -0.2) is 0 Å². The Hall–Kier alpha value is -1.81. The molecule has 1 aromatic rings. The average Bonchev–Trinajstić information content (AvgIpc) is 2.30. The van der Waals surface area contributed by atoms with E-state index in [1.165, 1.54) is 0 Å². The van der Waals surface area contributed by atoms with E-state index in [9.17, 15) is 4.79 Å². The molecule has 0 amide bonds. The van der Waals surface area contributed by atoms with Crippen LogP contribution in [0.4, 0.5) is 0 Å². The van der Waals surface area contributed by atoms with Crippen molar-refractivity contribution in [3.63, 3.8) is 0 Å². The van der Waals surface area contributed by atoms with E-state index < -0.39 is 0 Å². The summed E-state index contributed by atoms with van der Waals surface area (Å²) in [5.41, 5.74) is 7.86. The Labute approximate surface area is 94.8 Å². The van der Waals surface area contributed by atoms with Crippen LogP contribution in [0.3, 0.4) is 0 Å². The third-order valence-corrected chi connectivity index (χ3v) is 2.08. The molecule has 0 aliphatic rings. The highest BCUT2D eigenvalue weighted by Crippen LogP contribution is 2.02. The number of carbonyl (C=O) groups is 1. The van der Waals surface area contributed by atoms with Crippen LogP contribution >= 0.6 is 0 Å². The Balaban J connectivity index is 2.48. The first-order valence-corrected chi connectivity index (χ1v) is 5.09. The van der Waals surface area contributed by atoms with Crippen LogP contribution < -0.4 is 11.1 Å². The molecular formula is C12H16N2O2. The number of aldehydes is 1. The summed E-state index contributed by atoms with van der Waals surface area (Å²) >= 11 is 0. The van der Waals surface area contributed by atoms with E-state index in [0.29, 0.717) is 24.2 Å². The minimum Gasteiger partial charge on any atom is -0.401 e. The average molecular weight is 220 g/mol. The second kappa shape index (κ2) is 6.63. The standard InChI is InChI=1S/C12H16N2O2/c13-12(4-5-15)8-14-7-10-2-1-3-11(6-10)9-16/h1-3,6,8-9,14-15H,4-5,7,13H2/b12-8-. The van der Waals surface area contributed by atoms with E-state index in [0.717, 1.165) is 11.8 Å². The normalized spacial score (nSPS) is 11.2. The monoisotopic (exact) mass is 220 g/mol. The predicted octanol–water partition coefficient (Wildman–Crippen LogP) is 0.771. The SMILES string of the molecule is N/C(=C\NCc1cccc(C=O)c1)CCO. The number of aliphatic hydroxyl groups excluding tert-OH is 1. The number of nitrogens with two attached hydrogens (primary N) is 1. The maximum atomic E-state index is 10.5. The van der Waals surface area contributed by atoms with Gasteiger partial charge in [-0.05, 0) is 11.6 Å². The van der Waals surface area contributed by atoms with Crippen molar-refractivity contribution in [2.45, 2.75) is 13.0 Å². The molecule has 0 aliphatic heterocycles. The minimum absolute atomic E-state index is 0.0463. The van der Waals surface area contributed by atoms with Gasteiger partial charge in [0.1, 0.15) is 6.29 Å². The first-order valence-electron chi connectivity index (χ1n) is 5.09. The van der Waals surface area contributed by atoms with Gasteiger partial charge in [-0.2, -0.15) is 0 Å². The van der Waals surface area contributed by atoms with Crippen LogP contribution in [0, 0.1) is 0 Å². The van der Waals surface area contributed by atoms with Crippen LogP contribution in [0.25, 0.3) is 0 Å². The van der Waals surface area contributed by atoms with Crippen molar-refractivity contribution in [3.05, 3.63) is 47.3 Å². The van der Waals surface area contributed by atoms with Crippen LogP contribution in [0.2, 0.25) is 0 Å². The summed E-state index contributed by atoms with van der Waals surface area (Å²) in [6, 6.07) is 7.33. The van der Waals surface area contributed by atoms with Crippen molar-refractivity contribution < 1.29 is 9.90 Å². The third-order valence-electron chi connectivity index (χ3n) is 2.08. The minimum atomic E-state index is 0.0463. The molecule has 0 aromatic heterocycles. The van der Waals surface area contributed by atoms with Crippen molar-refractivity contribution in [2.75, 3.05) is 6.61 Å². The molecule has 0 unspecified atom stereocenters. The molecule has 0 bridgehead atoms. The van der Waals surface area contributed by atoms with E-state index in [2.05, 4.69) is 5.32 Å². The van der Waals surface area contributed by atoms with Gasteiger partial charge in [0.2, 0.25) is 0 Å². The molecule has 0 saturated carbocycles. The topological polar surface area (TPSA) is 75.3 Å². The van der Waals surface area contributed by atoms with Crippen LogP contribution in [-0.4, -0.2) is 18.0 Å². The van der Waals surface area contributed by atoms with E-state index in [1.54, 1.807) is 12.3 Å². The predicted molar refractivity (Wildman–Crippen MR) is 62.6 cm³/mol. The Bertz CT molecular complexity index is 375. The number of carbonyl (C=O) groups excluding carboxylic acids is 1. The van der Waals surface area contributed by atoms with Crippen molar-refractivity contribution in [3.8, 4) is 0 Å². The molecule has 0 atom stereocenters. The first-order chi connectivity index (χ1) is 7.76. The molecule has 4 N–H and O–H groups in total. The highest BCUT2D eigenvalue weighted by atomic mass is 16.3. The van der Waals surface area contributed by atoms with Gasteiger partial charge in [0.15, 0.2) is 0 Å². The fourth-order valence-electron chi connectivity index (χ4n) is 1.28. The Kier molecular flexibility index (Phi) is 5.08. The maximum absolute atomic E-state index is 10.5. The number of hydrogen-bond donors (Lipinski definition) is 3. The summed E-state index contributed by atoms with van der Waals surface area (Å²) in [6.45, 7) is 0.651. The number of nitrogens with one attached hydrogen (secondary N) is 1. The van der Waals surface area contributed by atoms with E-state index in [1.807, 2.05) is 18.2 Å². The van der Waals surface area contributed by atoms with Gasteiger partial charge >= 0.3 is 0 Å². The summed E-state index contributed by atoms with van der Waals surface area (Å²) in [6.07, 6.45) is 2.95. The Morgan fingerprint density at radius 1 is 1.50 bits per heavy atom. The summed E-state index contributed by atoms with van der Waals surface area (Å²) < 4.78 is 0. The molecule has 1 aromatic carbocycles. The molecule has 0 fully saturated rings. The lowest BCUT2D eigenvalue weighted by Crippen LogP contribution is -2.10. The second-order valence-electron chi connectivity index (χ2n) is 3.44. The fraction of sp³-hybridized carbons (Fsp3) is 0.250. The van der Waals surface area contributed by atoms with Crippen LogP contribution in [-0.2, 0) is 6.54 Å². The zero-order valence-electron chi connectivity index (χ0n) is 9.02. The van der Waals surface area contributed by atoms with Gasteiger partial charge in [-0.1, -0.05) is 18.2 Å². The lowest BCUT2D eigenvalue weighted by molar-refractivity contribution is 0.112. The van der Waals surface area contributed by atoms with Gasteiger partial charge in [0.25, 0.3) is 0 Å². The summed E-state index contributed by atoms with van der Waals surface area (Å²) in [5, 5.41) is 11.7. The van der Waals surface area contributed by atoms with Gasteiger partial charge in [0.05, 0.1) is 0 Å². The molecule has 86 valence electrons. The molecule has 0 heterocycles. The molecule has 0 saturated heterocycles. The molecule has 16 heavy (non-hydrogen) atoms. The number of rotatable bonds is 6. The summed E-state index contributed by atoms with van der Waals surface area (Å²) in [4.78, 5) is 10.5. The second-order valence-corrected chi connectivity index (χ2v) is 3.44. The lowest BCUT2D eigenvalue weighted by Gasteiger charge is -2.04. The fourth-order valence-corrected chi connectivity index (χ4v) is 1.28. The van der Waals surface area contributed by atoms with Crippen LogP contribution in [0.1, 0.15) is 22.3 Å². The van der Waals surface area contributed by atoms with Crippen molar-refractivity contribution in [1.29, 1.82) is 0 Å². The van der Waals surface area contributed by atoms with E-state index >= 15 is 0 Å². The molecule has 0 aliphatic carbocycles. The molecule has 1 rings (SSSR count). The van der Waals surface area contributed by atoms with Gasteiger partial charge < -0.3 is 16.2 Å². The zero-order valence-corrected chi connectivity index (χ0v) is 9.02. The molecule has 4 nitrogen and oxygen atoms in total. The smallest absolute Gasteiger partial charge is 0.150 e. The molecule has 0 radical (unpaired) electrons. The van der Waals surface area contributed by atoms with E-state index in [-0.39, 0.29) is 6.61 Å². The lowest BCUT2D eigenvalue weighted by atomic mass is 10.1. The van der Waals surface area contributed by atoms with Crippen molar-refractivity contribution in [1.82, 2.24) is 5.32 Å². The van der Waals surface area contributed by atoms with Crippen molar-refractivity contribution in [2.24, 2.45) is 5.73 Å². The molecular weight excluding hydrogens is 204 g/mol. The molecule has 0 spiro atoms. The largest absolute Gasteiger partial charge is 0.401 e. The van der Waals surface area contributed by atoms with Crippen molar-refractivity contribution >= 4 is 6.29 Å². The Morgan fingerprint density at radius 3 is 3.00 bits per heavy atom. The number of benzene rings is 1. The molecule has 4 heteroatoms. The maximum Gasteiger partial charge on any atom is 0.150 e.